The highest BCUT2D eigenvalue weighted by Gasteiger charge is 2.38. The molecular formula is C30H52ClN3O2. The molecule has 0 amide bonds. The Morgan fingerprint density at radius 3 is 2.69 bits per heavy atom. The van der Waals surface area contributed by atoms with Crippen molar-refractivity contribution in [3.63, 3.8) is 0 Å². The number of phenols is 1. The Balaban J connectivity index is 0.00000456. The lowest BCUT2D eigenvalue weighted by Crippen LogP contribution is -2.50. The highest BCUT2D eigenvalue weighted by atomic mass is 35.5. The average molecular weight is 522 g/mol. The first kappa shape index (κ1) is 31.1. The number of piperidine rings is 1. The normalized spacial score (nSPS) is 24.4. The van der Waals surface area contributed by atoms with Crippen molar-refractivity contribution in [1.82, 2.24) is 15.1 Å². The van der Waals surface area contributed by atoms with E-state index in [0.717, 1.165) is 44.9 Å². The molecule has 3 atom stereocenters. The number of aromatic hydroxyl groups is 1. The van der Waals surface area contributed by atoms with E-state index in [1.807, 2.05) is 12.1 Å². The van der Waals surface area contributed by atoms with Crippen molar-refractivity contribution in [2.45, 2.75) is 90.0 Å². The molecule has 1 heterocycles. The van der Waals surface area contributed by atoms with E-state index in [1.54, 1.807) is 6.07 Å². The SMILES string of the molecule is CC(CC=O)CNCCCCN(CCN1CCC(C)(c2cccc(O)c2)C(C)C1)C1CCCCC1.Cl. The van der Waals surface area contributed by atoms with E-state index in [-0.39, 0.29) is 17.8 Å². The van der Waals surface area contributed by atoms with Gasteiger partial charge in [-0.15, -0.1) is 12.4 Å². The molecule has 0 bridgehead atoms. The number of hydrogen-bond acceptors (Lipinski definition) is 5. The fourth-order valence-corrected chi connectivity index (χ4v) is 6.16. The minimum Gasteiger partial charge on any atom is -0.508 e. The average Bonchev–Trinajstić information content (AvgIpc) is 2.86. The smallest absolute Gasteiger partial charge is 0.120 e. The summed E-state index contributed by atoms with van der Waals surface area (Å²) in [6, 6.07) is 8.68. The largest absolute Gasteiger partial charge is 0.508 e. The first-order valence-corrected chi connectivity index (χ1v) is 14.3. The molecule has 1 aliphatic heterocycles. The molecule has 1 aromatic carbocycles. The summed E-state index contributed by atoms with van der Waals surface area (Å²) in [4.78, 5) is 16.1. The van der Waals surface area contributed by atoms with Gasteiger partial charge in [0.2, 0.25) is 0 Å². The summed E-state index contributed by atoms with van der Waals surface area (Å²) in [5, 5.41) is 13.5. The van der Waals surface area contributed by atoms with Crippen LogP contribution in [0.5, 0.6) is 5.75 Å². The predicted octanol–water partition coefficient (Wildman–Crippen LogP) is 5.64. The molecule has 0 spiro atoms. The molecule has 2 fully saturated rings. The van der Waals surface area contributed by atoms with Crippen LogP contribution < -0.4 is 5.32 Å². The molecule has 1 saturated carbocycles. The van der Waals surface area contributed by atoms with Crippen LogP contribution in [0.15, 0.2) is 24.3 Å². The third-order valence-corrected chi connectivity index (χ3v) is 8.91. The van der Waals surface area contributed by atoms with Gasteiger partial charge in [0, 0.05) is 32.1 Å². The van der Waals surface area contributed by atoms with Gasteiger partial charge in [0.15, 0.2) is 0 Å². The third-order valence-electron chi connectivity index (χ3n) is 8.91. The Morgan fingerprint density at radius 1 is 1.22 bits per heavy atom. The number of carbonyl (C=O) groups excluding carboxylic acids is 1. The van der Waals surface area contributed by atoms with Gasteiger partial charge in [0.1, 0.15) is 12.0 Å². The van der Waals surface area contributed by atoms with Gasteiger partial charge in [-0.2, -0.15) is 0 Å². The lowest BCUT2D eigenvalue weighted by atomic mass is 9.68. The van der Waals surface area contributed by atoms with E-state index in [2.05, 4.69) is 42.0 Å². The lowest BCUT2D eigenvalue weighted by Gasteiger charge is -2.46. The van der Waals surface area contributed by atoms with E-state index in [1.165, 1.54) is 70.1 Å². The number of nitrogens with one attached hydrogen (secondary N) is 1. The maximum atomic E-state index is 10.6. The zero-order valence-electron chi connectivity index (χ0n) is 23.1. The number of nitrogens with zero attached hydrogens (tertiary/aromatic N) is 2. The van der Waals surface area contributed by atoms with Gasteiger partial charge in [-0.3, -0.25) is 4.90 Å². The number of unbranched alkanes of at least 4 members (excludes halogenated alkanes) is 1. The Kier molecular flexibility index (Phi) is 13.8. The quantitative estimate of drug-likeness (QED) is 0.245. The number of halogens is 1. The third kappa shape index (κ3) is 9.31. The Labute approximate surface area is 226 Å². The van der Waals surface area contributed by atoms with Crippen LogP contribution >= 0.6 is 12.4 Å². The maximum Gasteiger partial charge on any atom is 0.120 e. The van der Waals surface area contributed by atoms with E-state index >= 15 is 0 Å². The topological polar surface area (TPSA) is 55.8 Å². The van der Waals surface area contributed by atoms with Crippen molar-refractivity contribution >= 4 is 18.7 Å². The fourth-order valence-electron chi connectivity index (χ4n) is 6.16. The van der Waals surface area contributed by atoms with Crippen LogP contribution in [-0.4, -0.2) is 73.0 Å². The molecule has 1 aliphatic carbocycles. The van der Waals surface area contributed by atoms with E-state index < -0.39 is 0 Å². The highest BCUT2D eigenvalue weighted by molar-refractivity contribution is 5.85. The second-order valence-corrected chi connectivity index (χ2v) is 11.7. The van der Waals surface area contributed by atoms with Crippen molar-refractivity contribution < 1.29 is 9.90 Å². The Morgan fingerprint density at radius 2 is 2.00 bits per heavy atom. The van der Waals surface area contributed by atoms with Crippen LogP contribution in [-0.2, 0) is 10.2 Å². The minimum atomic E-state index is 0. The van der Waals surface area contributed by atoms with Crippen LogP contribution in [0.25, 0.3) is 0 Å². The van der Waals surface area contributed by atoms with Crippen LogP contribution in [0, 0.1) is 11.8 Å². The second-order valence-electron chi connectivity index (χ2n) is 11.7. The molecule has 5 nitrogen and oxygen atoms in total. The molecule has 6 heteroatoms. The highest BCUT2D eigenvalue weighted by Crippen LogP contribution is 2.40. The van der Waals surface area contributed by atoms with Crippen LogP contribution in [0.1, 0.15) is 84.1 Å². The van der Waals surface area contributed by atoms with Crippen molar-refractivity contribution in [1.29, 1.82) is 0 Å². The number of likely N-dealkylation sites (tertiary alicyclic amines) is 1. The van der Waals surface area contributed by atoms with Crippen LogP contribution in [0.3, 0.4) is 0 Å². The maximum absolute atomic E-state index is 10.6. The number of hydrogen-bond donors (Lipinski definition) is 2. The van der Waals surface area contributed by atoms with E-state index in [0.29, 0.717) is 24.0 Å². The van der Waals surface area contributed by atoms with Gasteiger partial charge in [0.25, 0.3) is 0 Å². The van der Waals surface area contributed by atoms with E-state index in [9.17, 15) is 9.90 Å². The summed E-state index contributed by atoms with van der Waals surface area (Å²) in [7, 11) is 0. The van der Waals surface area contributed by atoms with Gasteiger partial charge in [-0.05, 0) is 93.2 Å². The summed E-state index contributed by atoms with van der Waals surface area (Å²) in [6.45, 7) is 14.7. The molecule has 2 aliphatic rings. The summed E-state index contributed by atoms with van der Waals surface area (Å²) in [6.07, 6.45) is 12.2. The zero-order valence-corrected chi connectivity index (χ0v) is 23.9. The molecule has 3 rings (SSSR count). The Bertz CT molecular complexity index is 757. The molecule has 3 unspecified atom stereocenters. The van der Waals surface area contributed by atoms with Gasteiger partial charge < -0.3 is 20.1 Å². The summed E-state index contributed by atoms with van der Waals surface area (Å²) < 4.78 is 0. The fraction of sp³-hybridized carbons (Fsp3) is 0.767. The molecule has 0 radical (unpaired) electrons. The molecule has 1 saturated heterocycles. The predicted molar refractivity (Wildman–Crippen MR) is 153 cm³/mol. The standard InChI is InChI=1S/C30H51N3O2.ClH/c1-25(14-21-34)23-31-16-7-8-17-33(28-11-5-4-6-12-28)20-19-32-18-15-30(3,26(2)24-32)27-10-9-13-29(35)22-27;/h9-10,13,21-22,25-26,28,31,35H,4-8,11-12,14-20,23-24H2,1-3H3;1H. The number of aldehydes is 1. The molecule has 36 heavy (non-hydrogen) atoms. The van der Waals surface area contributed by atoms with Crippen LogP contribution in [0.4, 0.5) is 0 Å². The number of benzene rings is 1. The van der Waals surface area contributed by atoms with Crippen molar-refractivity contribution in [3.05, 3.63) is 29.8 Å². The monoisotopic (exact) mass is 521 g/mol. The van der Waals surface area contributed by atoms with Crippen molar-refractivity contribution in [3.8, 4) is 5.75 Å². The summed E-state index contributed by atoms with van der Waals surface area (Å²) in [5.74, 6) is 1.38. The Hall–Kier alpha value is -1.14. The number of carbonyl (C=O) groups is 1. The molecule has 2 N–H and O–H groups in total. The lowest BCUT2D eigenvalue weighted by molar-refractivity contribution is -0.108. The first-order chi connectivity index (χ1) is 16.9. The van der Waals surface area contributed by atoms with Crippen molar-refractivity contribution in [2.75, 3.05) is 45.8 Å². The number of phenolic OH excluding ortho intramolecular Hbond substituents is 1. The van der Waals surface area contributed by atoms with Gasteiger partial charge >= 0.3 is 0 Å². The summed E-state index contributed by atoms with van der Waals surface area (Å²) in [5.41, 5.74) is 1.41. The second kappa shape index (κ2) is 16.0. The number of rotatable bonds is 14. The molecule has 206 valence electrons. The molecular weight excluding hydrogens is 470 g/mol. The van der Waals surface area contributed by atoms with Gasteiger partial charge in [-0.1, -0.05) is 52.2 Å². The van der Waals surface area contributed by atoms with Crippen LogP contribution in [0.2, 0.25) is 0 Å². The molecule has 0 aromatic heterocycles. The van der Waals surface area contributed by atoms with Gasteiger partial charge in [-0.25, -0.2) is 0 Å². The minimum absolute atomic E-state index is 0. The zero-order chi connectivity index (χ0) is 25.1. The van der Waals surface area contributed by atoms with E-state index in [4.69, 9.17) is 0 Å². The van der Waals surface area contributed by atoms with Crippen molar-refractivity contribution in [2.24, 2.45) is 11.8 Å². The van der Waals surface area contributed by atoms with Gasteiger partial charge in [0.05, 0.1) is 0 Å². The summed E-state index contributed by atoms with van der Waals surface area (Å²) >= 11 is 0. The first-order valence-electron chi connectivity index (χ1n) is 14.3. The molecule has 1 aromatic rings.